The molecule has 0 bridgehead atoms. The Hall–Kier alpha value is -0.900. The molecule has 0 radical (unpaired) electrons. The number of Topliss-reactive ketones (excluding diaryl/α,β-unsaturated/α-hetero) is 1. The molecule has 0 aliphatic carbocycles. The summed E-state index contributed by atoms with van der Waals surface area (Å²) in [5.41, 5.74) is 6.42. The minimum atomic E-state index is -0.483. The Morgan fingerprint density at radius 3 is 2.77 bits per heavy atom. The van der Waals surface area contributed by atoms with Gasteiger partial charge in [0, 0.05) is 5.56 Å². The summed E-state index contributed by atoms with van der Waals surface area (Å²) in [5.74, 6) is -0.576. The molecule has 0 heterocycles. The Morgan fingerprint density at radius 1 is 1.62 bits per heavy atom. The molecule has 2 N–H and O–H groups in total. The van der Waals surface area contributed by atoms with Crippen LogP contribution in [0.1, 0.15) is 15.9 Å². The van der Waals surface area contributed by atoms with Crippen molar-refractivity contribution in [2.45, 2.75) is 6.92 Å². The van der Waals surface area contributed by atoms with Crippen molar-refractivity contribution < 1.29 is 9.18 Å². The predicted molar refractivity (Wildman–Crippen MR) is 53.7 cm³/mol. The third-order valence-corrected chi connectivity index (χ3v) is 2.27. The molecule has 2 nitrogen and oxygen atoms in total. The smallest absolute Gasteiger partial charge is 0.173 e. The average Bonchev–Trinajstić information content (AvgIpc) is 2.10. The van der Waals surface area contributed by atoms with E-state index in [1.807, 2.05) is 0 Å². The first-order chi connectivity index (χ1) is 6.06. The fourth-order valence-electron chi connectivity index (χ4n) is 1.06. The van der Waals surface area contributed by atoms with Gasteiger partial charge in [0.15, 0.2) is 5.78 Å². The van der Waals surface area contributed by atoms with Gasteiger partial charge >= 0.3 is 0 Å². The van der Waals surface area contributed by atoms with Crippen molar-refractivity contribution in [3.63, 3.8) is 0 Å². The van der Waals surface area contributed by atoms with E-state index in [1.54, 1.807) is 6.92 Å². The summed E-state index contributed by atoms with van der Waals surface area (Å²) >= 11 is 3.04. The van der Waals surface area contributed by atoms with E-state index in [0.29, 0.717) is 11.1 Å². The molecule has 13 heavy (non-hydrogen) atoms. The first kappa shape index (κ1) is 10.2. The van der Waals surface area contributed by atoms with Crippen LogP contribution in [0.2, 0.25) is 0 Å². The molecule has 0 saturated heterocycles. The van der Waals surface area contributed by atoms with Crippen molar-refractivity contribution in [1.29, 1.82) is 0 Å². The van der Waals surface area contributed by atoms with Crippen molar-refractivity contribution >= 4 is 27.4 Å². The van der Waals surface area contributed by atoms with Crippen molar-refractivity contribution in [2.75, 3.05) is 11.1 Å². The van der Waals surface area contributed by atoms with E-state index in [0.717, 1.165) is 0 Å². The molecule has 1 aromatic rings. The van der Waals surface area contributed by atoms with Gasteiger partial charge in [-0.25, -0.2) is 4.39 Å². The van der Waals surface area contributed by atoms with Crippen LogP contribution in [0.4, 0.5) is 10.1 Å². The molecule has 0 aliphatic rings. The first-order valence-corrected chi connectivity index (χ1v) is 4.83. The number of rotatable bonds is 2. The van der Waals surface area contributed by atoms with E-state index >= 15 is 0 Å². The molecule has 0 fully saturated rings. The number of hydrogen-bond acceptors (Lipinski definition) is 2. The van der Waals surface area contributed by atoms with Crippen LogP contribution in [0.25, 0.3) is 0 Å². The fraction of sp³-hybridized carbons (Fsp3) is 0.222. The highest BCUT2D eigenvalue weighted by Crippen LogP contribution is 2.18. The maximum Gasteiger partial charge on any atom is 0.173 e. The number of hydrogen-bond donors (Lipinski definition) is 1. The van der Waals surface area contributed by atoms with Gasteiger partial charge in [-0.05, 0) is 24.6 Å². The Bertz CT molecular complexity index is 352. The van der Waals surface area contributed by atoms with Crippen molar-refractivity contribution in [3.8, 4) is 0 Å². The van der Waals surface area contributed by atoms with Crippen molar-refractivity contribution in [3.05, 3.63) is 29.1 Å². The van der Waals surface area contributed by atoms with Crippen LogP contribution in [0, 0.1) is 12.7 Å². The molecule has 1 rings (SSSR count). The SMILES string of the molecule is Cc1cc(F)c(N)cc1C(=O)CBr. The van der Waals surface area contributed by atoms with E-state index in [2.05, 4.69) is 15.9 Å². The number of carbonyl (C=O) groups is 1. The zero-order valence-electron chi connectivity index (χ0n) is 7.10. The molecule has 0 spiro atoms. The summed E-state index contributed by atoms with van der Waals surface area (Å²) in [7, 11) is 0. The van der Waals surface area contributed by atoms with Gasteiger partial charge in [-0.3, -0.25) is 4.79 Å². The highest BCUT2D eigenvalue weighted by molar-refractivity contribution is 9.09. The average molecular weight is 246 g/mol. The molecule has 0 saturated carbocycles. The van der Waals surface area contributed by atoms with Gasteiger partial charge in [0.25, 0.3) is 0 Å². The highest BCUT2D eigenvalue weighted by atomic mass is 79.9. The van der Waals surface area contributed by atoms with Gasteiger partial charge in [-0.15, -0.1) is 0 Å². The lowest BCUT2D eigenvalue weighted by Crippen LogP contribution is -2.05. The van der Waals surface area contributed by atoms with Crippen LogP contribution in [0.5, 0.6) is 0 Å². The Labute approximate surface area is 84.1 Å². The topological polar surface area (TPSA) is 43.1 Å². The molecule has 0 aliphatic heterocycles. The Kier molecular flexibility index (Phi) is 3.03. The largest absolute Gasteiger partial charge is 0.396 e. The van der Waals surface area contributed by atoms with Crippen molar-refractivity contribution in [2.24, 2.45) is 0 Å². The summed E-state index contributed by atoms with van der Waals surface area (Å²) in [6, 6.07) is 2.64. The second kappa shape index (κ2) is 3.87. The monoisotopic (exact) mass is 245 g/mol. The van der Waals surface area contributed by atoms with Gasteiger partial charge < -0.3 is 5.73 Å². The minimum Gasteiger partial charge on any atom is -0.396 e. The molecular formula is C9H9BrFNO. The summed E-state index contributed by atoms with van der Waals surface area (Å²) < 4.78 is 12.9. The van der Waals surface area contributed by atoms with E-state index < -0.39 is 5.82 Å². The number of carbonyl (C=O) groups excluding carboxylic acids is 1. The third-order valence-electron chi connectivity index (χ3n) is 1.77. The zero-order valence-corrected chi connectivity index (χ0v) is 8.69. The minimum absolute atomic E-state index is 0.00917. The van der Waals surface area contributed by atoms with Crippen LogP contribution < -0.4 is 5.73 Å². The number of benzene rings is 1. The maximum absolute atomic E-state index is 12.9. The van der Waals surface area contributed by atoms with Crippen LogP contribution in [0.3, 0.4) is 0 Å². The summed E-state index contributed by atoms with van der Waals surface area (Å²) in [6.07, 6.45) is 0. The molecule has 4 heteroatoms. The van der Waals surface area contributed by atoms with Gasteiger partial charge in [0.05, 0.1) is 11.0 Å². The second-order valence-electron chi connectivity index (χ2n) is 2.75. The summed E-state index contributed by atoms with van der Waals surface area (Å²) in [6.45, 7) is 1.68. The quantitative estimate of drug-likeness (QED) is 0.494. The van der Waals surface area contributed by atoms with Gasteiger partial charge in [-0.1, -0.05) is 15.9 Å². The lowest BCUT2D eigenvalue weighted by Gasteiger charge is -2.04. The van der Waals surface area contributed by atoms with Crippen LogP contribution in [0.15, 0.2) is 12.1 Å². The predicted octanol–water partition coefficient (Wildman–Crippen LogP) is 2.29. The van der Waals surface area contributed by atoms with E-state index in [9.17, 15) is 9.18 Å². The maximum atomic E-state index is 12.9. The third kappa shape index (κ3) is 2.06. The number of anilines is 1. The fourth-order valence-corrected chi connectivity index (χ4v) is 1.36. The molecular weight excluding hydrogens is 237 g/mol. The molecule has 0 unspecified atom stereocenters. The van der Waals surface area contributed by atoms with Crippen LogP contribution >= 0.6 is 15.9 Å². The number of nitrogens with two attached hydrogens (primary N) is 1. The molecule has 70 valence electrons. The molecule has 0 amide bonds. The number of alkyl halides is 1. The lowest BCUT2D eigenvalue weighted by molar-refractivity contribution is 0.102. The van der Waals surface area contributed by atoms with E-state index in [1.165, 1.54) is 12.1 Å². The molecule has 0 aromatic heterocycles. The highest BCUT2D eigenvalue weighted by Gasteiger charge is 2.10. The second-order valence-corrected chi connectivity index (χ2v) is 3.31. The lowest BCUT2D eigenvalue weighted by atomic mass is 10.0. The first-order valence-electron chi connectivity index (χ1n) is 3.71. The standard InChI is InChI=1S/C9H9BrFNO/c1-5-2-7(11)8(12)3-6(5)9(13)4-10/h2-3H,4,12H2,1H3. The molecule has 0 atom stereocenters. The van der Waals surface area contributed by atoms with Gasteiger partial charge in [-0.2, -0.15) is 0 Å². The number of halogens is 2. The van der Waals surface area contributed by atoms with Gasteiger partial charge in [0.1, 0.15) is 5.82 Å². The number of ketones is 1. The summed E-state index contributed by atoms with van der Waals surface area (Å²) in [5, 5.41) is 0.221. The Morgan fingerprint density at radius 2 is 2.23 bits per heavy atom. The van der Waals surface area contributed by atoms with E-state index in [4.69, 9.17) is 5.73 Å². The van der Waals surface area contributed by atoms with Crippen LogP contribution in [-0.2, 0) is 0 Å². The zero-order chi connectivity index (χ0) is 10.0. The Balaban J connectivity index is 3.23. The number of aryl methyl sites for hydroxylation is 1. The van der Waals surface area contributed by atoms with Crippen LogP contribution in [-0.4, -0.2) is 11.1 Å². The van der Waals surface area contributed by atoms with Crippen molar-refractivity contribution in [1.82, 2.24) is 0 Å². The van der Waals surface area contributed by atoms with E-state index in [-0.39, 0.29) is 16.8 Å². The molecule has 1 aromatic carbocycles. The summed E-state index contributed by atoms with van der Waals surface area (Å²) in [4.78, 5) is 11.3. The normalized spacial score (nSPS) is 10.1. The van der Waals surface area contributed by atoms with Gasteiger partial charge in [0.2, 0.25) is 0 Å². The number of nitrogen functional groups attached to an aromatic ring is 1.